The standard InChI is InChI=1S/C20H22N2O/c23-20(15-8-5-11-21-12-15)22-13-16-6-1-3-9-18(16)19-10-4-2-7-17(19)14-22/h1-4,6-7,9-10,15,21H,5,8,11-14H2. The molecule has 2 aromatic carbocycles. The van der Waals surface area contributed by atoms with Crippen LogP contribution in [0.25, 0.3) is 11.1 Å². The molecule has 2 aliphatic rings. The second-order valence-corrected chi connectivity index (χ2v) is 6.55. The number of carbonyl (C=O) groups is 1. The minimum absolute atomic E-state index is 0.126. The third kappa shape index (κ3) is 2.77. The van der Waals surface area contributed by atoms with Crippen molar-refractivity contribution in [1.82, 2.24) is 10.2 Å². The highest BCUT2D eigenvalue weighted by Gasteiger charge is 2.28. The summed E-state index contributed by atoms with van der Waals surface area (Å²) >= 11 is 0. The lowest BCUT2D eigenvalue weighted by Gasteiger charge is -2.29. The first kappa shape index (κ1) is 14.5. The molecule has 0 spiro atoms. The van der Waals surface area contributed by atoms with Crippen LogP contribution in [-0.4, -0.2) is 23.9 Å². The van der Waals surface area contributed by atoms with Gasteiger partial charge in [-0.05, 0) is 41.6 Å². The molecule has 23 heavy (non-hydrogen) atoms. The molecule has 1 amide bonds. The van der Waals surface area contributed by atoms with Crippen LogP contribution in [-0.2, 0) is 17.9 Å². The number of fused-ring (bicyclic) bond motifs is 3. The van der Waals surface area contributed by atoms with Gasteiger partial charge in [-0.15, -0.1) is 0 Å². The predicted octanol–water partition coefficient (Wildman–Crippen LogP) is 3.20. The van der Waals surface area contributed by atoms with Crippen LogP contribution in [0.5, 0.6) is 0 Å². The van der Waals surface area contributed by atoms with Crippen molar-refractivity contribution in [3.05, 3.63) is 59.7 Å². The largest absolute Gasteiger partial charge is 0.334 e. The number of rotatable bonds is 1. The van der Waals surface area contributed by atoms with Crippen molar-refractivity contribution < 1.29 is 4.79 Å². The van der Waals surface area contributed by atoms with E-state index in [4.69, 9.17) is 0 Å². The molecule has 0 aromatic heterocycles. The van der Waals surface area contributed by atoms with Crippen LogP contribution in [0, 0.1) is 5.92 Å². The van der Waals surface area contributed by atoms with Crippen molar-refractivity contribution in [2.24, 2.45) is 5.92 Å². The normalized spacial score (nSPS) is 20.3. The van der Waals surface area contributed by atoms with Crippen LogP contribution in [0.4, 0.5) is 0 Å². The molecule has 3 heteroatoms. The maximum atomic E-state index is 13.0. The highest BCUT2D eigenvalue weighted by atomic mass is 16.2. The van der Waals surface area contributed by atoms with Gasteiger partial charge < -0.3 is 10.2 Å². The molecule has 1 unspecified atom stereocenters. The first-order valence-electron chi connectivity index (χ1n) is 8.48. The summed E-state index contributed by atoms with van der Waals surface area (Å²) in [7, 11) is 0. The van der Waals surface area contributed by atoms with Crippen LogP contribution in [0.15, 0.2) is 48.5 Å². The Morgan fingerprint density at radius 1 is 0.957 bits per heavy atom. The molecule has 3 nitrogen and oxygen atoms in total. The van der Waals surface area contributed by atoms with Crippen molar-refractivity contribution >= 4 is 5.91 Å². The summed E-state index contributed by atoms with van der Waals surface area (Å²) in [6, 6.07) is 16.9. The summed E-state index contributed by atoms with van der Waals surface area (Å²) in [6.07, 6.45) is 2.10. The number of amides is 1. The second kappa shape index (κ2) is 6.17. The lowest BCUT2D eigenvalue weighted by Crippen LogP contribution is -2.42. The van der Waals surface area contributed by atoms with Crippen molar-refractivity contribution in [3.63, 3.8) is 0 Å². The third-order valence-electron chi connectivity index (χ3n) is 5.01. The van der Waals surface area contributed by atoms with Crippen LogP contribution in [0.2, 0.25) is 0 Å². The molecular weight excluding hydrogens is 284 g/mol. The Morgan fingerprint density at radius 2 is 1.57 bits per heavy atom. The number of carbonyl (C=O) groups excluding carboxylic acids is 1. The summed E-state index contributed by atoms with van der Waals surface area (Å²) in [4.78, 5) is 15.1. The molecule has 2 aromatic rings. The molecule has 1 fully saturated rings. The average Bonchev–Trinajstić information content (AvgIpc) is 2.79. The van der Waals surface area contributed by atoms with E-state index < -0.39 is 0 Å². The van der Waals surface area contributed by atoms with E-state index in [0.29, 0.717) is 19.0 Å². The fourth-order valence-electron chi connectivity index (χ4n) is 3.79. The minimum Gasteiger partial charge on any atom is -0.334 e. The minimum atomic E-state index is 0.126. The molecule has 2 heterocycles. The van der Waals surface area contributed by atoms with Gasteiger partial charge in [-0.1, -0.05) is 48.5 Å². The molecule has 118 valence electrons. The molecule has 1 atom stereocenters. The van der Waals surface area contributed by atoms with E-state index >= 15 is 0 Å². The Bertz CT molecular complexity index is 672. The Balaban J connectivity index is 1.70. The van der Waals surface area contributed by atoms with Gasteiger partial charge in [0.05, 0.1) is 5.92 Å². The predicted molar refractivity (Wildman–Crippen MR) is 91.7 cm³/mol. The fourth-order valence-corrected chi connectivity index (χ4v) is 3.79. The van der Waals surface area contributed by atoms with Crippen molar-refractivity contribution in [2.75, 3.05) is 13.1 Å². The first-order chi connectivity index (χ1) is 11.3. The maximum Gasteiger partial charge on any atom is 0.227 e. The summed E-state index contributed by atoms with van der Waals surface area (Å²) < 4.78 is 0. The molecule has 0 saturated carbocycles. The molecular formula is C20H22N2O. The van der Waals surface area contributed by atoms with Gasteiger partial charge in [0.1, 0.15) is 0 Å². The van der Waals surface area contributed by atoms with Gasteiger partial charge in [0, 0.05) is 19.6 Å². The molecule has 0 radical (unpaired) electrons. The topological polar surface area (TPSA) is 32.3 Å². The van der Waals surface area contributed by atoms with E-state index in [-0.39, 0.29) is 5.92 Å². The van der Waals surface area contributed by atoms with Gasteiger partial charge >= 0.3 is 0 Å². The Kier molecular flexibility index (Phi) is 3.88. The number of hydrogen-bond acceptors (Lipinski definition) is 2. The molecule has 4 rings (SSSR count). The van der Waals surface area contributed by atoms with Crippen LogP contribution in [0.3, 0.4) is 0 Å². The number of benzene rings is 2. The van der Waals surface area contributed by atoms with Gasteiger partial charge in [0.15, 0.2) is 0 Å². The van der Waals surface area contributed by atoms with E-state index in [1.54, 1.807) is 0 Å². The zero-order chi connectivity index (χ0) is 15.6. The Morgan fingerprint density at radius 3 is 2.13 bits per heavy atom. The summed E-state index contributed by atoms with van der Waals surface area (Å²) in [6.45, 7) is 3.27. The van der Waals surface area contributed by atoms with Gasteiger partial charge in [0.2, 0.25) is 5.91 Å². The number of hydrogen-bond donors (Lipinski definition) is 1. The van der Waals surface area contributed by atoms with E-state index in [1.165, 1.54) is 22.3 Å². The third-order valence-corrected chi connectivity index (χ3v) is 5.01. The lowest BCUT2D eigenvalue weighted by molar-refractivity contribution is -0.137. The molecule has 0 bridgehead atoms. The van der Waals surface area contributed by atoms with Crippen molar-refractivity contribution in [3.8, 4) is 11.1 Å². The van der Waals surface area contributed by atoms with Crippen LogP contribution in [0.1, 0.15) is 24.0 Å². The monoisotopic (exact) mass is 306 g/mol. The lowest BCUT2D eigenvalue weighted by atomic mass is 9.97. The Labute approximate surface area is 137 Å². The van der Waals surface area contributed by atoms with Crippen LogP contribution >= 0.6 is 0 Å². The van der Waals surface area contributed by atoms with E-state index in [2.05, 4.69) is 53.8 Å². The van der Waals surface area contributed by atoms with Crippen molar-refractivity contribution in [1.29, 1.82) is 0 Å². The molecule has 2 aliphatic heterocycles. The molecule has 1 saturated heterocycles. The van der Waals surface area contributed by atoms with Gasteiger partial charge in [0.25, 0.3) is 0 Å². The average molecular weight is 306 g/mol. The zero-order valence-electron chi connectivity index (χ0n) is 13.3. The smallest absolute Gasteiger partial charge is 0.227 e. The number of piperidine rings is 1. The summed E-state index contributed by atoms with van der Waals surface area (Å²) in [5, 5.41) is 3.36. The zero-order valence-corrected chi connectivity index (χ0v) is 13.3. The highest BCUT2D eigenvalue weighted by molar-refractivity contribution is 5.81. The number of nitrogens with one attached hydrogen (secondary N) is 1. The van der Waals surface area contributed by atoms with Gasteiger partial charge in [-0.25, -0.2) is 0 Å². The highest BCUT2D eigenvalue weighted by Crippen LogP contribution is 2.33. The van der Waals surface area contributed by atoms with E-state index in [9.17, 15) is 4.79 Å². The SMILES string of the molecule is O=C(C1CCCNC1)N1Cc2ccccc2-c2ccccc2C1. The van der Waals surface area contributed by atoms with Crippen LogP contribution < -0.4 is 5.32 Å². The van der Waals surface area contributed by atoms with Gasteiger partial charge in [-0.3, -0.25) is 4.79 Å². The maximum absolute atomic E-state index is 13.0. The summed E-state index contributed by atoms with van der Waals surface area (Å²) in [5.74, 6) is 0.421. The molecule has 1 N–H and O–H groups in total. The van der Waals surface area contributed by atoms with Crippen molar-refractivity contribution in [2.45, 2.75) is 25.9 Å². The first-order valence-corrected chi connectivity index (χ1v) is 8.48. The number of nitrogens with zero attached hydrogens (tertiary/aromatic N) is 1. The Hall–Kier alpha value is -2.13. The second-order valence-electron chi connectivity index (χ2n) is 6.55. The fraction of sp³-hybridized carbons (Fsp3) is 0.350. The molecule has 0 aliphatic carbocycles. The quantitative estimate of drug-likeness (QED) is 0.877. The van der Waals surface area contributed by atoms with E-state index in [0.717, 1.165) is 25.9 Å². The van der Waals surface area contributed by atoms with Gasteiger partial charge in [-0.2, -0.15) is 0 Å². The van der Waals surface area contributed by atoms with E-state index in [1.807, 2.05) is 4.90 Å². The summed E-state index contributed by atoms with van der Waals surface area (Å²) in [5.41, 5.74) is 5.02.